The van der Waals surface area contributed by atoms with Gasteiger partial charge in [0.05, 0.1) is 6.04 Å². The summed E-state index contributed by atoms with van der Waals surface area (Å²) in [6.07, 6.45) is 2.70. The molecule has 0 aromatic heterocycles. The number of hydrogen-bond acceptors (Lipinski definition) is 2. The number of nitrogens with one attached hydrogen (secondary N) is 1. The largest absolute Gasteiger partial charge is 0.363 e. The average Bonchev–Trinajstić information content (AvgIpc) is 1.91. The van der Waals surface area contributed by atoms with Crippen LogP contribution in [0.4, 0.5) is 0 Å². The van der Waals surface area contributed by atoms with Crippen molar-refractivity contribution in [2.45, 2.75) is 25.9 Å². The van der Waals surface area contributed by atoms with E-state index in [2.05, 4.69) is 30.5 Å². The summed E-state index contributed by atoms with van der Waals surface area (Å²) in [7, 11) is 0. The molecule has 1 N–H and O–H groups in total. The molecule has 1 radical (unpaired) electrons. The Kier molecular flexibility index (Phi) is 1.01. The second kappa shape index (κ2) is 1.52. The number of aliphatic imine (C=N–C) groups is 1. The molecule has 2 atom stereocenters. The molecule has 1 aliphatic rings. The van der Waals surface area contributed by atoms with Crippen molar-refractivity contribution in [1.29, 1.82) is 0 Å². The van der Waals surface area contributed by atoms with E-state index in [1.165, 1.54) is 0 Å². The number of nitrogens with zero attached hydrogens (tertiary/aromatic N) is 1. The van der Waals surface area contributed by atoms with Crippen molar-refractivity contribution in [3.63, 3.8) is 0 Å². The van der Waals surface area contributed by atoms with Crippen LogP contribution in [0, 0.1) is 0 Å². The minimum atomic E-state index is 0.417. The predicted molar refractivity (Wildman–Crippen MR) is 29.5 cm³/mol. The molecule has 39 valence electrons. The van der Waals surface area contributed by atoms with E-state index in [0.717, 1.165) is 0 Å². The molecule has 2 unspecified atom stereocenters. The van der Waals surface area contributed by atoms with Gasteiger partial charge in [-0.15, -0.1) is 0 Å². The Labute approximate surface area is 43.6 Å². The predicted octanol–water partition coefficient (Wildman–Crippen LogP) is 0.272. The van der Waals surface area contributed by atoms with Gasteiger partial charge in [-0.2, -0.15) is 0 Å². The fourth-order valence-electron chi connectivity index (χ4n) is 0.473. The molecular weight excluding hydrogens is 88.1 g/mol. The maximum atomic E-state index is 3.96. The number of hydrogen-bond donors (Lipinski definition) is 1. The second-order valence-electron chi connectivity index (χ2n) is 1.91. The van der Waals surface area contributed by atoms with Crippen LogP contribution in [0.3, 0.4) is 0 Å². The van der Waals surface area contributed by atoms with Crippen LogP contribution in [0.1, 0.15) is 13.8 Å². The molecule has 0 aliphatic carbocycles. The van der Waals surface area contributed by atoms with E-state index in [0.29, 0.717) is 12.1 Å². The third-order valence-corrected chi connectivity index (χ3v) is 1.28. The van der Waals surface area contributed by atoms with Gasteiger partial charge in [0.25, 0.3) is 0 Å². The molecule has 1 rings (SSSR count). The van der Waals surface area contributed by atoms with E-state index in [4.69, 9.17) is 0 Å². The monoisotopic (exact) mass is 97.1 g/mol. The molecule has 1 heterocycles. The summed E-state index contributed by atoms with van der Waals surface area (Å²) in [4.78, 5) is 3.96. The minimum absolute atomic E-state index is 0.417. The van der Waals surface area contributed by atoms with Gasteiger partial charge in [0.2, 0.25) is 0 Å². The zero-order chi connectivity index (χ0) is 5.28. The first-order valence-electron chi connectivity index (χ1n) is 2.51. The third-order valence-electron chi connectivity index (χ3n) is 1.28. The lowest BCUT2D eigenvalue weighted by molar-refractivity contribution is 0.602. The van der Waals surface area contributed by atoms with Crippen LogP contribution in [0.5, 0.6) is 0 Å². The average molecular weight is 97.1 g/mol. The summed E-state index contributed by atoms with van der Waals surface area (Å²) in [5.74, 6) is 0. The van der Waals surface area contributed by atoms with E-state index in [1.807, 2.05) is 0 Å². The molecule has 0 aromatic carbocycles. The molecule has 0 fully saturated rings. The summed E-state index contributed by atoms with van der Waals surface area (Å²) in [5.41, 5.74) is 0. The molecule has 1 aliphatic heterocycles. The first-order valence-corrected chi connectivity index (χ1v) is 2.51. The van der Waals surface area contributed by atoms with E-state index < -0.39 is 0 Å². The van der Waals surface area contributed by atoms with Gasteiger partial charge in [0.15, 0.2) is 6.34 Å². The van der Waals surface area contributed by atoms with Gasteiger partial charge >= 0.3 is 0 Å². The van der Waals surface area contributed by atoms with Gasteiger partial charge in [0.1, 0.15) is 0 Å². The quantitative estimate of drug-likeness (QED) is 0.461. The molecule has 0 bridgehead atoms. The fourth-order valence-corrected chi connectivity index (χ4v) is 0.473. The van der Waals surface area contributed by atoms with E-state index in [9.17, 15) is 0 Å². The SMILES string of the molecule is CC1N=[C]NC1C. The Morgan fingerprint density at radius 3 is 2.43 bits per heavy atom. The van der Waals surface area contributed by atoms with Gasteiger partial charge in [-0.05, 0) is 13.8 Å². The highest BCUT2D eigenvalue weighted by atomic mass is 15.1. The van der Waals surface area contributed by atoms with Crippen LogP contribution in [0.2, 0.25) is 0 Å². The van der Waals surface area contributed by atoms with E-state index >= 15 is 0 Å². The summed E-state index contributed by atoms with van der Waals surface area (Å²) in [5, 5.41) is 2.95. The molecule has 2 nitrogen and oxygen atoms in total. The standard InChI is InChI=1S/C5H9N2/c1-4-5(2)7-3-6-4/h4-5H,1-2H3,(H,6,7). The summed E-state index contributed by atoms with van der Waals surface area (Å²) < 4.78 is 0. The zero-order valence-corrected chi connectivity index (χ0v) is 4.60. The Bertz CT molecular complexity index is 88.1. The molecule has 0 saturated carbocycles. The van der Waals surface area contributed by atoms with Crippen LogP contribution >= 0.6 is 0 Å². The van der Waals surface area contributed by atoms with E-state index in [1.54, 1.807) is 0 Å². The summed E-state index contributed by atoms with van der Waals surface area (Å²) in [6.45, 7) is 4.16. The Balaban J connectivity index is 2.45. The van der Waals surface area contributed by atoms with Crippen LogP contribution in [0.15, 0.2) is 4.99 Å². The summed E-state index contributed by atoms with van der Waals surface area (Å²) in [6, 6.07) is 0.903. The normalized spacial score (nSPS) is 38.6. The topological polar surface area (TPSA) is 24.4 Å². The van der Waals surface area contributed by atoms with Crippen molar-refractivity contribution in [3.8, 4) is 0 Å². The van der Waals surface area contributed by atoms with Crippen LogP contribution in [0.25, 0.3) is 0 Å². The van der Waals surface area contributed by atoms with Gasteiger partial charge in [-0.25, -0.2) is 0 Å². The minimum Gasteiger partial charge on any atom is -0.363 e. The smallest absolute Gasteiger partial charge is 0.164 e. The van der Waals surface area contributed by atoms with Crippen molar-refractivity contribution in [3.05, 3.63) is 0 Å². The van der Waals surface area contributed by atoms with Crippen LogP contribution in [-0.4, -0.2) is 18.4 Å². The van der Waals surface area contributed by atoms with Gasteiger partial charge in [-0.3, -0.25) is 4.99 Å². The fraction of sp³-hybridized carbons (Fsp3) is 0.800. The first kappa shape index (κ1) is 4.62. The number of rotatable bonds is 0. The highest BCUT2D eigenvalue weighted by molar-refractivity contribution is 5.57. The maximum absolute atomic E-state index is 3.96. The lowest BCUT2D eigenvalue weighted by atomic mass is 10.2. The van der Waals surface area contributed by atoms with Gasteiger partial charge in [0, 0.05) is 6.04 Å². The van der Waals surface area contributed by atoms with Crippen LogP contribution in [-0.2, 0) is 0 Å². The van der Waals surface area contributed by atoms with Crippen molar-refractivity contribution >= 4 is 6.34 Å². The van der Waals surface area contributed by atoms with Gasteiger partial charge < -0.3 is 5.32 Å². The molecular formula is C5H9N2. The Morgan fingerprint density at radius 2 is 2.29 bits per heavy atom. The first-order chi connectivity index (χ1) is 3.30. The maximum Gasteiger partial charge on any atom is 0.164 e. The second-order valence-corrected chi connectivity index (χ2v) is 1.91. The molecule has 7 heavy (non-hydrogen) atoms. The van der Waals surface area contributed by atoms with Crippen molar-refractivity contribution < 1.29 is 0 Å². The molecule has 0 spiro atoms. The Hall–Kier alpha value is -0.530. The van der Waals surface area contributed by atoms with Gasteiger partial charge in [-0.1, -0.05) is 0 Å². The van der Waals surface area contributed by atoms with Crippen LogP contribution < -0.4 is 5.32 Å². The zero-order valence-electron chi connectivity index (χ0n) is 4.60. The molecule has 0 aromatic rings. The molecule has 2 heteroatoms. The highest BCUT2D eigenvalue weighted by Crippen LogP contribution is 1.99. The summed E-state index contributed by atoms with van der Waals surface area (Å²) >= 11 is 0. The Morgan fingerprint density at radius 1 is 1.57 bits per heavy atom. The van der Waals surface area contributed by atoms with Crippen molar-refractivity contribution in [1.82, 2.24) is 5.32 Å². The third kappa shape index (κ3) is 0.734. The van der Waals surface area contributed by atoms with Crippen molar-refractivity contribution in [2.24, 2.45) is 4.99 Å². The lowest BCUT2D eigenvalue weighted by Crippen LogP contribution is -2.25. The molecule has 0 amide bonds. The van der Waals surface area contributed by atoms with Crippen molar-refractivity contribution in [2.75, 3.05) is 0 Å². The highest BCUT2D eigenvalue weighted by Gasteiger charge is 2.12. The van der Waals surface area contributed by atoms with E-state index in [-0.39, 0.29) is 0 Å². The molecule has 0 saturated heterocycles. The lowest BCUT2D eigenvalue weighted by Gasteiger charge is -2.04.